The van der Waals surface area contributed by atoms with Crippen LogP contribution in [0.15, 0.2) is 28.8 Å². The fourth-order valence-electron chi connectivity index (χ4n) is 1.33. The lowest BCUT2D eigenvalue weighted by Crippen LogP contribution is -1.88. The van der Waals surface area contributed by atoms with Gasteiger partial charge in [0.2, 0.25) is 0 Å². The topological polar surface area (TPSA) is 35.3 Å². The van der Waals surface area contributed by atoms with Crippen molar-refractivity contribution < 1.29 is 13.7 Å². The summed E-state index contributed by atoms with van der Waals surface area (Å²) in [6.45, 7) is 0. The number of rotatable bonds is 3. The molecule has 0 aliphatic rings. The van der Waals surface area contributed by atoms with Gasteiger partial charge in [0, 0.05) is 11.6 Å². The molecule has 0 aliphatic carbocycles. The molecule has 1 aromatic carbocycles. The molecule has 2 aromatic rings. The normalized spacial score (nSPS) is 10.4. The maximum absolute atomic E-state index is 13.2. The first kappa shape index (κ1) is 11.0. The van der Waals surface area contributed by atoms with E-state index in [2.05, 4.69) is 5.16 Å². The van der Waals surface area contributed by atoms with Crippen LogP contribution in [0, 0.1) is 5.82 Å². The Balaban J connectivity index is 2.40. The predicted octanol–water partition coefficient (Wildman–Crippen LogP) is 3.23. The van der Waals surface area contributed by atoms with Crippen molar-refractivity contribution in [3.8, 4) is 17.0 Å². The largest absolute Gasteiger partial charge is 0.494 e. The van der Waals surface area contributed by atoms with Gasteiger partial charge in [-0.05, 0) is 18.2 Å². The molecule has 0 saturated carbocycles. The first-order valence-corrected chi connectivity index (χ1v) is 5.13. The molecule has 0 N–H and O–H groups in total. The molecule has 2 rings (SSSR count). The Labute approximate surface area is 96.8 Å². The van der Waals surface area contributed by atoms with Gasteiger partial charge in [-0.25, -0.2) is 4.39 Å². The third kappa shape index (κ3) is 2.02. The van der Waals surface area contributed by atoms with Crippen LogP contribution in [0.5, 0.6) is 5.75 Å². The number of aromatic nitrogens is 1. The van der Waals surface area contributed by atoms with E-state index in [4.69, 9.17) is 20.9 Å². The van der Waals surface area contributed by atoms with E-state index in [0.29, 0.717) is 11.5 Å². The van der Waals surface area contributed by atoms with E-state index in [1.165, 1.54) is 13.2 Å². The number of methoxy groups -OCH3 is 1. The molecular formula is C11H9ClFNO2. The van der Waals surface area contributed by atoms with Gasteiger partial charge in [-0.2, -0.15) is 0 Å². The fraction of sp³-hybridized carbons (Fsp3) is 0.182. The van der Waals surface area contributed by atoms with E-state index in [1.807, 2.05) is 0 Å². The van der Waals surface area contributed by atoms with Gasteiger partial charge in [-0.3, -0.25) is 0 Å². The molecule has 0 saturated heterocycles. The summed E-state index contributed by atoms with van der Waals surface area (Å²) in [5, 5.41) is 3.82. The van der Waals surface area contributed by atoms with Gasteiger partial charge in [-0.1, -0.05) is 5.16 Å². The van der Waals surface area contributed by atoms with Crippen LogP contribution in [-0.2, 0) is 5.88 Å². The first-order chi connectivity index (χ1) is 7.74. The predicted molar refractivity (Wildman–Crippen MR) is 58.0 cm³/mol. The van der Waals surface area contributed by atoms with Crippen molar-refractivity contribution >= 4 is 11.6 Å². The summed E-state index contributed by atoms with van der Waals surface area (Å²) in [4.78, 5) is 0. The van der Waals surface area contributed by atoms with Gasteiger partial charge in [0.1, 0.15) is 5.69 Å². The highest BCUT2D eigenvalue weighted by molar-refractivity contribution is 6.16. The molecule has 84 valence electrons. The minimum absolute atomic E-state index is 0.174. The summed E-state index contributed by atoms with van der Waals surface area (Å²) in [5.74, 6) is 0.589. The standard InChI is InChI=1S/C11H9ClFNO2/c1-15-11-4-7(2-3-9(11)13)10-5-8(6-12)16-14-10/h2-5H,6H2,1H3. The monoisotopic (exact) mass is 241 g/mol. The molecule has 0 amide bonds. The van der Waals surface area contributed by atoms with Crippen LogP contribution in [-0.4, -0.2) is 12.3 Å². The molecule has 0 radical (unpaired) electrons. The zero-order valence-electron chi connectivity index (χ0n) is 8.54. The average Bonchev–Trinajstić information content (AvgIpc) is 2.78. The number of halogens is 2. The van der Waals surface area contributed by atoms with E-state index in [0.717, 1.165) is 5.56 Å². The Morgan fingerprint density at radius 1 is 1.44 bits per heavy atom. The highest BCUT2D eigenvalue weighted by Gasteiger charge is 2.09. The molecule has 0 spiro atoms. The number of ether oxygens (including phenoxy) is 1. The van der Waals surface area contributed by atoms with Gasteiger partial charge in [0.05, 0.1) is 13.0 Å². The van der Waals surface area contributed by atoms with Crippen LogP contribution in [0.4, 0.5) is 4.39 Å². The third-order valence-corrected chi connectivity index (χ3v) is 2.40. The van der Waals surface area contributed by atoms with Crippen molar-refractivity contribution in [2.75, 3.05) is 7.11 Å². The molecule has 5 heteroatoms. The van der Waals surface area contributed by atoms with Crippen molar-refractivity contribution in [2.24, 2.45) is 0 Å². The Morgan fingerprint density at radius 3 is 2.88 bits per heavy atom. The lowest BCUT2D eigenvalue weighted by molar-refractivity contribution is 0.386. The van der Waals surface area contributed by atoms with E-state index in [1.54, 1.807) is 18.2 Å². The maximum Gasteiger partial charge on any atom is 0.165 e. The Kier molecular flexibility index (Phi) is 3.10. The lowest BCUT2D eigenvalue weighted by atomic mass is 10.1. The van der Waals surface area contributed by atoms with Crippen LogP contribution in [0.1, 0.15) is 5.76 Å². The maximum atomic E-state index is 13.2. The van der Waals surface area contributed by atoms with E-state index < -0.39 is 5.82 Å². The number of hydrogen-bond donors (Lipinski definition) is 0. The summed E-state index contributed by atoms with van der Waals surface area (Å²) in [6.07, 6.45) is 0. The second-order valence-corrected chi connectivity index (χ2v) is 3.43. The molecule has 0 atom stereocenters. The van der Waals surface area contributed by atoms with Crippen molar-refractivity contribution in [3.63, 3.8) is 0 Å². The number of hydrogen-bond acceptors (Lipinski definition) is 3. The smallest absolute Gasteiger partial charge is 0.165 e. The van der Waals surface area contributed by atoms with Crippen molar-refractivity contribution in [3.05, 3.63) is 35.8 Å². The Morgan fingerprint density at radius 2 is 2.25 bits per heavy atom. The molecule has 0 unspecified atom stereocenters. The summed E-state index contributed by atoms with van der Waals surface area (Å²) in [7, 11) is 1.41. The molecule has 3 nitrogen and oxygen atoms in total. The van der Waals surface area contributed by atoms with Crippen LogP contribution >= 0.6 is 11.6 Å². The van der Waals surface area contributed by atoms with Gasteiger partial charge in [0.15, 0.2) is 17.3 Å². The highest BCUT2D eigenvalue weighted by atomic mass is 35.5. The zero-order valence-corrected chi connectivity index (χ0v) is 9.29. The molecular weight excluding hydrogens is 233 g/mol. The number of benzene rings is 1. The van der Waals surface area contributed by atoms with E-state index in [9.17, 15) is 4.39 Å². The van der Waals surface area contributed by atoms with Gasteiger partial charge >= 0.3 is 0 Å². The Bertz CT molecular complexity index is 498. The van der Waals surface area contributed by atoms with Crippen molar-refractivity contribution in [2.45, 2.75) is 5.88 Å². The van der Waals surface area contributed by atoms with Crippen LogP contribution < -0.4 is 4.74 Å². The highest BCUT2D eigenvalue weighted by Crippen LogP contribution is 2.26. The number of alkyl halides is 1. The average molecular weight is 242 g/mol. The second-order valence-electron chi connectivity index (χ2n) is 3.16. The van der Waals surface area contributed by atoms with E-state index in [-0.39, 0.29) is 11.6 Å². The quantitative estimate of drug-likeness (QED) is 0.774. The molecule has 0 aliphatic heterocycles. The second kappa shape index (κ2) is 4.53. The van der Waals surface area contributed by atoms with Crippen molar-refractivity contribution in [1.82, 2.24) is 5.16 Å². The van der Waals surface area contributed by atoms with Gasteiger partial charge in [0.25, 0.3) is 0 Å². The summed E-state index contributed by atoms with van der Waals surface area (Å²) in [6, 6.07) is 6.20. The van der Waals surface area contributed by atoms with Crippen LogP contribution in [0.3, 0.4) is 0 Å². The summed E-state index contributed by atoms with van der Waals surface area (Å²) in [5.41, 5.74) is 1.33. The van der Waals surface area contributed by atoms with Crippen LogP contribution in [0.2, 0.25) is 0 Å². The molecule has 16 heavy (non-hydrogen) atoms. The minimum Gasteiger partial charge on any atom is -0.494 e. The van der Waals surface area contributed by atoms with Crippen LogP contribution in [0.25, 0.3) is 11.3 Å². The molecule has 1 heterocycles. The van der Waals surface area contributed by atoms with E-state index >= 15 is 0 Å². The first-order valence-electron chi connectivity index (χ1n) is 4.60. The Hall–Kier alpha value is -1.55. The SMILES string of the molecule is COc1cc(-c2cc(CCl)on2)ccc1F. The zero-order chi connectivity index (χ0) is 11.5. The third-order valence-electron chi connectivity index (χ3n) is 2.14. The molecule has 0 bridgehead atoms. The summed E-state index contributed by atoms with van der Waals surface area (Å²) >= 11 is 5.59. The molecule has 0 fully saturated rings. The molecule has 1 aromatic heterocycles. The minimum atomic E-state index is -0.410. The summed E-state index contributed by atoms with van der Waals surface area (Å²) < 4.78 is 23.0. The lowest BCUT2D eigenvalue weighted by Gasteiger charge is -2.02. The van der Waals surface area contributed by atoms with Crippen molar-refractivity contribution in [1.29, 1.82) is 0 Å². The van der Waals surface area contributed by atoms with Gasteiger partial charge in [-0.15, -0.1) is 11.6 Å². The van der Waals surface area contributed by atoms with Gasteiger partial charge < -0.3 is 9.26 Å². The number of nitrogens with zero attached hydrogens (tertiary/aromatic N) is 1. The fourth-order valence-corrected chi connectivity index (χ4v) is 1.46.